The molecule has 1 aliphatic heterocycles. The number of aromatic nitrogens is 1. The van der Waals surface area contributed by atoms with Gasteiger partial charge in [0.15, 0.2) is 5.82 Å². The van der Waals surface area contributed by atoms with Crippen LogP contribution in [0.5, 0.6) is 0 Å². The number of piperazine rings is 1. The number of hydrogen-bond acceptors (Lipinski definition) is 7. The fraction of sp³-hybridized carbons (Fsp3) is 0.522. The summed E-state index contributed by atoms with van der Waals surface area (Å²) >= 11 is 1.30. The highest BCUT2D eigenvalue weighted by Crippen LogP contribution is 2.24. The Morgan fingerprint density at radius 1 is 1.28 bits per heavy atom. The number of rotatable bonds is 10. The smallest absolute Gasteiger partial charge is 0.238 e. The Morgan fingerprint density at radius 2 is 2.06 bits per heavy atom. The third kappa shape index (κ3) is 7.36. The summed E-state index contributed by atoms with van der Waals surface area (Å²) in [6, 6.07) is 12.7. The summed E-state index contributed by atoms with van der Waals surface area (Å²) in [5.74, 6) is 1.02. The quantitative estimate of drug-likeness (QED) is 0.528. The summed E-state index contributed by atoms with van der Waals surface area (Å²) in [7, 11) is 2.17. The minimum absolute atomic E-state index is 0.0510. The lowest BCUT2D eigenvalue weighted by Crippen LogP contribution is -2.47. The van der Waals surface area contributed by atoms with Gasteiger partial charge < -0.3 is 20.1 Å². The number of hydrogen-bond donors (Lipinski definition) is 2. The first-order valence-electron chi connectivity index (χ1n) is 11.0. The third-order valence-corrected chi connectivity index (χ3v) is 6.68. The molecular weight excluding hydrogens is 426 g/mol. The fourth-order valence-corrected chi connectivity index (χ4v) is 4.42. The average molecular weight is 460 g/mol. The van der Waals surface area contributed by atoms with Gasteiger partial charge in [0, 0.05) is 44.8 Å². The zero-order valence-corrected chi connectivity index (χ0v) is 19.9. The summed E-state index contributed by atoms with van der Waals surface area (Å²) < 4.78 is 4.94. The molecule has 2 heterocycles. The summed E-state index contributed by atoms with van der Waals surface area (Å²) in [6.07, 6.45) is 0.894. The number of carbonyl (C=O) groups is 2. The minimum atomic E-state index is -0.366. The molecule has 3 rings (SSSR count). The second kappa shape index (κ2) is 12.0. The second-order valence-corrected chi connectivity index (χ2v) is 9.52. The molecule has 0 radical (unpaired) electrons. The standard InChI is InChI=1S/C23H33N5O3S/c1-17-14-21(26-31-17)25-23(30)18(2)32-16-22(29)24-10-7-11-28-13-12-27(3)15-20(28)19-8-5-4-6-9-19/h4-6,8-9,14,18,20H,7,10-13,15-16H2,1-3H3,(H,24,29)(H,25,26,30). The van der Waals surface area contributed by atoms with Crippen molar-refractivity contribution in [3.8, 4) is 0 Å². The molecule has 1 fully saturated rings. The van der Waals surface area contributed by atoms with E-state index >= 15 is 0 Å². The lowest BCUT2D eigenvalue weighted by molar-refractivity contribution is -0.118. The van der Waals surface area contributed by atoms with Gasteiger partial charge in [0.2, 0.25) is 11.8 Å². The largest absolute Gasteiger partial charge is 0.360 e. The number of nitrogens with one attached hydrogen (secondary N) is 2. The third-order valence-electron chi connectivity index (χ3n) is 5.54. The van der Waals surface area contributed by atoms with E-state index in [1.807, 2.05) is 6.07 Å². The van der Waals surface area contributed by atoms with Crippen molar-refractivity contribution in [2.75, 3.05) is 50.8 Å². The fourth-order valence-electron chi connectivity index (χ4n) is 3.71. The van der Waals surface area contributed by atoms with Crippen LogP contribution in [0.15, 0.2) is 40.9 Å². The molecule has 1 aromatic carbocycles. The molecule has 174 valence electrons. The van der Waals surface area contributed by atoms with E-state index in [0.717, 1.165) is 32.6 Å². The molecule has 9 heteroatoms. The van der Waals surface area contributed by atoms with Crippen LogP contribution in [-0.2, 0) is 9.59 Å². The van der Waals surface area contributed by atoms with Crippen molar-refractivity contribution < 1.29 is 14.1 Å². The Morgan fingerprint density at radius 3 is 2.78 bits per heavy atom. The Kier molecular flexibility index (Phi) is 9.13. The molecule has 2 amide bonds. The van der Waals surface area contributed by atoms with Crippen molar-refractivity contribution in [2.45, 2.75) is 31.6 Å². The maximum Gasteiger partial charge on any atom is 0.238 e. The zero-order chi connectivity index (χ0) is 22.9. The van der Waals surface area contributed by atoms with Crippen LogP contribution in [-0.4, -0.2) is 77.5 Å². The molecule has 1 aromatic heterocycles. The normalized spacial score (nSPS) is 18.3. The van der Waals surface area contributed by atoms with Crippen LogP contribution in [0.1, 0.15) is 30.7 Å². The molecule has 32 heavy (non-hydrogen) atoms. The number of nitrogens with zero attached hydrogens (tertiary/aromatic N) is 3. The van der Waals surface area contributed by atoms with Crippen molar-refractivity contribution in [2.24, 2.45) is 0 Å². The van der Waals surface area contributed by atoms with Gasteiger partial charge >= 0.3 is 0 Å². The predicted molar refractivity (Wildman–Crippen MR) is 128 cm³/mol. The number of thioether (sulfide) groups is 1. The topological polar surface area (TPSA) is 90.7 Å². The maximum atomic E-state index is 12.2. The minimum Gasteiger partial charge on any atom is -0.360 e. The molecule has 0 aliphatic carbocycles. The molecule has 2 aromatic rings. The molecule has 2 N–H and O–H groups in total. The highest BCUT2D eigenvalue weighted by molar-refractivity contribution is 8.01. The first-order chi connectivity index (χ1) is 15.4. The van der Waals surface area contributed by atoms with Crippen LogP contribution >= 0.6 is 11.8 Å². The van der Waals surface area contributed by atoms with Crippen molar-refractivity contribution in [1.82, 2.24) is 20.3 Å². The molecule has 1 aliphatic rings. The monoisotopic (exact) mass is 459 g/mol. The van der Waals surface area contributed by atoms with Gasteiger partial charge in [-0.15, -0.1) is 11.8 Å². The van der Waals surface area contributed by atoms with Gasteiger partial charge in [-0.25, -0.2) is 0 Å². The highest BCUT2D eigenvalue weighted by Gasteiger charge is 2.26. The lowest BCUT2D eigenvalue weighted by Gasteiger charge is -2.40. The number of benzene rings is 1. The van der Waals surface area contributed by atoms with Gasteiger partial charge in [-0.2, -0.15) is 0 Å². The number of likely N-dealkylation sites (N-methyl/N-ethyl adjacent to an activating group) is 1. The van der Waals surface area contributed by atoms with Crippen LogP contribution in [0.3, 0.4) is 0 Å². The molecule has 1 saturated heterocycles. The Hall–Kier alpha value is -2.36. The van der Waals surface area contributed by atoms with Gasteiger partial charge in [-0.1, -0.05) is 35.5 Å². The first kappa shape index (κ1) is 24.3. The number of aryl methyl sites for hydroxylation is 1. The summed E-state index contributed by atoms with van der Waals surface area (Å²) in [6.45, 7) is 8.20. The van der Waals surface area contributed by atoms with Gasteiger partial charge in [-0.05, 0) is 32.9 Å². The van der Waals surface area contributed by atoms with E-state index in [4.69, 9.17) is 4.52 Å². The average Bonchev–Trinajstić information content (AvgIpc) is 3.20. The molecule has 2 atom stereocenters. The van der Waals surface area contributed by atoms with E-state index in [2.05, 4.69) is 56.9 Å². The van der Waals surface area contributed by atoms with Crippen LogP contribution in [0, 0.1) is 6.92 Å². The van der Waals surface area contributed by atoms with Crippen LogP contribution in [0.2, 0.25) is 0 Å². The molecule has 0 bridgehead atoms. The summed E-state index contributed by atoms with van der Waals surface area (Å²) in [5.41, 5.74) is 1.34. The maximum absolute atomic E-state index is 12.2. The number of carbonyl (C=O) groups excluding carboxylic acids is 2. The summed E-state index contributed by atoms with van der Waals surface area (Å²) in [5, 5.41) is 9.05. The van der Waals surface area contributed by atoms with Crippen molar-refractivity contribution in [3.63, 3.8) is 0 Å². The molecule has 0 saturated carbocycles. The van der Waals surface area contributed by atoms with Gasteiger partial charge in [-0.3, -0.25) is 14.5 Å². The van der Waals surface area contributed by atoms with Crippen molar-refractivity contribution >= 4 is 29.4 Å². The Bertz CT molecular complexity index is 876. The van der Waals surface area contributed by atoms with Crippen LogP contribution in [0.4, 0.5) is 5.82 Å². The summed E-state index contributed by atoms with van der Waals surface area (Å²) in [4.78, 5) is 29.3. The molecule has 8 nitrogen and oxygen atoms in total. The molecule has 0 spiro atoms. The first-order valence-corrected chi connectivity index (χ1v) is 12.1. The number of amides is 2. The van der Waals surface area contributed by atoms with Gasteiger partial charge in [0.25, 0.3) is 0 Å². The number of anilines is 1. The van der Waals surface area contributed by atoms with E-state index < -0.39 is 0 Å². The van der Waals surface area contributed by atoms with E-state index in [9.17, 15) is 9.59 Å². The SMILES string of the molecule is Cc1cc(NC(=O)C(C)SCC(=O)NCCCN2CCN(C)CC2c2ccccc2)no1. The molecule has 2 unspecified atom stereocenters. The van der Waals surface area contributed by atoms with E-state index in [0.29, 0.717) is 24.2 Å². The van der Waals surface area contributed by atoms with E-state index in [-0.39, 0.29) is 22.8 Å². The lowest BCUT2D eigenvalue weighted by atomic mass is 10.0. The Balaban J connectivity index is 1.35. The molecular formula is C23H33N5O3S. The predicted octanol–water partition coefficient (Wildman–Crippen LogP) is 2.54. The van der Waals surface area contributed by atoms with Crippen LogP contribution in [0.25, 0.3) is 0 Å². The Labute approximate surface area is 194 Å². The van der Waals surface area contributed by atoms with Crippen molar-refractivity contribution in [3.05, 3.63) is 47.7 Å². The van der Waals surface area contributed by atoms with Gasteiger partial charge in [0.05, 0.1) is 11.0 Å². The second-order valence-electron chi connectivity index (χ2n) is 8.19. The van der Waals surface area contributed by atoms with Gasteiger partial charge in [0.1, 0.15) is 5.76 Å². The van der Waals surface area contributed by atoms with E-state index in [1.54, 1.807) is 19.9 Å². The zero-order valence-electron chi connectivity index (χ0n) is 19.0. The highest BCUT2D eigenvalue weighted by atomic mass is 32.2. The van der Waals surface area contributed by atoms with Crippen LogP contribution < -0.4 is 10.6 Å². The van der Waals surface area contributed by atoms with Crippen molar-refractivity contribution in [1.29, 1.82) is 0 Å². The van der Waals surface area contributed by atoms with E-state index in [1.165, 1.54) is 17.3 Å².